The lowest BCUT2D eigenvalue weighted by molar-refractivity contribution is 0.0600. The molecule has 80 valence electrons. The summed E-state index contributed by atoms with van der Waals surface area (Å²) < 4.78 is 4.59. The van der Waals surface area contributed by atoms with Crippen molar-refractivity contribution in [1.82, 2.24) is 0 Å². The Morgan fingerprint density at radius 3 is 2.73 bits per heavy atom. The average Bonchev–Trinajstić information content (AvgIpc) is 2.27. The molecule has 0 heterocycles. The second-order valence-electron chi connectivity index (χ2n) is 3.37. The molecule has 1 N–H and O–H groups in total. The first-order valence-corrected chi connectivity index (χ1v) is 4.58. The molecule has 0 amide bonds. The molecule has 15 heavy (non-hydrogen) atoms. The van der Waals surface area contributed by atoms with Crippen LogP contribution in [0.15, 0.2) is 36.4 Å². The molecule has 0 aliphatic heterocycles. The summed E-state index contributed by atoms with van der Waals surface area (Å²) in [6, 6.07) is 6.69. The topological polar surface area (TPSA) is 46.5 Å². The lowest BCUT2D eigenvalue weighted by atomic mass is 10.0. The molecule has 0 aliphatic rings. The summed E-state index contributed by atoms with van der Waals surface area (Å²) in [5, 5.41) is 9.73. The van der Waals surface area contributed by atoms with Crippen molar-refractivity contribution in [3.8, 4) is 0 Å². The third-order valence-electron chi connectivity index (χ3n) is 2.09. The zero-order valence-electron chi connectivity index (χ0n) is 8.86. The largest absolute Gasteiger partial charge is 0.465 e. The van der Waals surface area contributed by atoms with Gasteiger partial charge in [-0.15, -0.1) is 0 Å². The first-order valence-electron chi connectivity index (χ1n) is 4.58. The van der Waals surface area contributed by atoms with E-state index in [1.807, 2.05) is 0 Å². The normalized spacial score (nSPS) is 11.9. The highest BCUT2D eigenvalue weighted by atomic mass is 16.5. The van der Waals surface area contributed by atoms with Crippen molar-refractivity contribution in [2.24, 2.45) is 0 Å². The second kappa shape index (κ2) is 4.75. The molecule has 3 nitrogen and oxygen atoms in total. The first-order chi connectivity index (χ1) is 7.06. The highest BCUT2D eigenvalue weighted by Gasteiger charge is 2.11. The van der Waals surface area contributed by atoms with Crippen molar-refractivity contribution >= 4 is 5.97 Å². The summed E-state index contributed by atoms with van der Waals surface area (Å²) in [5.74, 6) is -0.411. The van der Waals surface area contributed by atoms with E-state index in [0.717, 1.165) is 0 Å². The Kier molecular flexibility index (Phi) is 3.63. The third kappa shape index (κ3) is 2.67. The fourth-order valence-corrected chi connectivity index (χ4v) is 1.24. The molecule has 3 heteroatoms. The van der Waals surface area contributed by atoms with Gasteiger partial charge in [0.25, 0.3) is 0 Å². The van der Waals surface area contributed by atoms with Crippen molar-refractivity contribution in [3.63, 3.8) is 0 Å². The van der Waals surface area contributed by atoms with Gasteiger partial charge in [0.15, 0.2) is 0 Å². The van der Waals surface area contributed by atoms with Crippen LogP contribution < -0.4 is 0 Å². The van der Waals surface area contributed by atoms with Gasteiger partial charge in [0.2, 0.25) is 0 Å². The first kappa shape index (κ1) is 11.5. The minimum absolute atomic E-state index is 0.411. The highest BCUT2D eigenvalue weighted by molar-refractivity contribution is 5.89. The van der Waals surface area contributed by atoms with Crippen LogP contribution >= 0.6 is 0 Å². The van der Waals surface area contributed by atoms with Crippen LogP contribution in [-0.2, 0) is 4.74 Å². The average molecular weight is 206 g/mol. The van der Waals surface area contributed by atoms with E-state index in [2.05, 4.69) is 11.3 Å². The van der Waals surface area contributed by atoms with Crippen molar-refractivity contribution in [3.05, 3.63) is 47.5 Å². The zero-order chi connectivity index (χ0) is 11.4. The quantitative estimate of drug-likeness (QED) is 0.608. The highest BCUT2D eigenvalue weighted by Crippen LogP contribution is 2.20. The minimum atomic E-state index is -0.741. The van der Waals surface area contributed by atoms with Crippen molar-refractivity contribution in [2.45, 2.75) is 13.0 Å². The Hall–Kier alpha value is -1.61. The number of methoxy groups -OCH3 is 1. The van der Waals surface area contributed by atoms with E-state index in [-0.39, 0.29) is 0 Å². The molecule has 0 bridgehead atoms. The molecule has 0 radical (unpaired) electrons. The van der Waals surface area contributed by atoms with Gasteiger partial charge in [-0.3, -0.25) is 0 Å². The van der Waals surface area contributed by atoms with Gasteiger partial charge in [-0.05, 0) is 30.2 Å². The smallest absolute Gasteiger partial charge is 0.337 e. The number of aliphatic hydroxyl groups is 1. The molecule has 1 aromatic carbocycles. The number of ether oxygens (including phenoxy) is 1. The van der Waals surface area contributed by atoms with Gasteiger partial charge in [0, 0.05) is 0 Å². The number of esters is 1. The van der Waals surface area contributed by atoms with Crippen LogP contribution in [0.3, 0.4) is 0 Å². The van der Waals surface area contributed by atoms with Crippen LogP contribution in [0.5, 0.6) is 0 Å². The van der Waals surface area contributed by atoms with Gasteiger partial charge in [0.1, 0.15) is 0 Å². The van der Waals surface area contributed by atoms with Crippen molar-refractivity contribution in [1.29, 1.82) is 0 Å². The maximum absolute atomic E-state index is 11.2. The summed E-state index contributed by atoms with van der Waals surface area (Å²) >= 11 is 0. The van der Waals surface area contributed by atoms with Crippen LogP contribution in [-0.4, -0.2) is 18.2 Å². The second-order valence-corrected chi connectivity index (χ2v) is 3.37. The Bertz CT molecular complexity index is 382. The van der Waals surface area contributed by atoms with Crippen LogP contribution in [0.2, 0.25) is 0 Å². The molecule has 1 unspecified atom stereocenters. The number of carbonyl (C=O) groups is 1. The van der Waals surface area contributed by atoms with Crippen LogP contribution in [0.25, 0.3) is 0 Å². The Morgan fingerprint density at radius 1 is 1.53 bits per heavy atom. The summed E-state index contributed by atoms with van der Waals surface area (Å²) in [5.41, 5.74) is 1.71. The monoisotopic (exact) mass is 206 g/mol. The predicted molar refractivity (Wildman–Crippen MR) is 57.6 cm³/mol. The van der Waals surface area contributed by atoms with Crippen LogP contribution in [0.1, 0.15) is 28.9 Å². The fraction of sp³-hybridized carbons (Fsp3) is 0.250. The van der Waals surface area contributed by atoms with Gasteiger partial charge < -0.3 is 9.84 Å². The van der Waals surface area contributed by atoms with E-state index in [4.69, 9.17) is 0 Å². The number of aliphatic hydroxyl groups excluding tert-OH is 1. The molecule has 1 aromatic rings. The molecular formula is C12H14O3. The van der Waals surface area contributed by atoms with E-state index >= 15 is 0 Å². The molecule has 0 spiro atoms. The predicted octanol–water partition coefficient (Wildman–Crippen LogP) is 2.08. The van der Waals surface area contributed by atoms with E-state index in [1.54, 1.807) is 31.2 Å². The number of carbonyl (C=O) groups excluding carboxylic acids is 1. The summed E-state index contributed by atoms with van der Waals surface area (Å²) in [4.78, 5) is 11.2. The van der Waals surface area contributed by atoms with Gasteiger partial charge in [-0.2, -0.15) is 0 Å². The molecule has 0 aliphatic carbocycles. The summed E-state index contributed by atoms with van der Waals surface area (Å²) in [6.45, 7) is 5.39. The maximum Gasteiger partial charge on any atom is 0.337 e. The number of rotatable bonds is 3. The van der Waals surface area contributed by atoms with Gasteiger partial charge in [-0.25, -0.2) is 4.79 Å². The van der Waals surface area contributed by atoms with Gasteiger partial charge >= 0.3 is 5.97 Å². The molecular weight excluding hydrogens is 192 g/mol. The lowest BCUT2D eigenvalue weighted by Crippen LogP contribution is -2.04. The number of hydrogen-bond donors (Lipinski definition) is 1. The number of benzene rings is 1. The zero-order valence-corrected chi connectivity index (χ0v) is 8.86. The van der Waals surface area contributed by atoms with Gasteiger partial charge in [-0.1, -0.05) is 18.7 Å². The molecule has 0 fully saturated rings. The van der Waals surface area contributed by atoms with Crippen molar-refractivity contribution in [2.75, 3.05) is 7.11 Å². The molecule has 1 atom stereocenters. The standard InChI is InChI=1S/C12H14O3/c1-8(2)11(13)9-5-4-6-10(7-9)12(14)15-3/h4-7,11,13H,1H2,2-3H3. The van der Waals surface area contributed by atoms with Gasteiger partial charge in [0.05, 0.1) is 18.8 Å². The van der Waals surface area contributed by atoms with E-state index in [1.165, 1.54) is 7.11 Å². The minimum Gasteiger partial charge on any atom is -0.465 e. The third-order valence-corrected chi connectivity index (χ3v) is 2.09. The fourth-order valence-electron chi connectivity index (χ4n) is 1.24. The maximum atomic E-state index is 11.2. The Morgan fingerprint density at radius 2 is 2.20 bits per heavy atom. The van der Waals surface area contributed by atoms with Crippen LogP contribution in [0.4, 0.5) is 0 Å². The van der Waals surface area contributed by atoms with E-state index < -0.39 is 12.1 Å². The Balaban J connectivity index is 3.02. The SMILES string of the molecule is C=C(C)C(O)c1cccc(C(=O)OC)c1. The molecule has 0 aromatic heterocycles. The number of hydrogen-bond acceptors (Lipinski definition) is 3. The summed E-state index contributed by atoms with van der Waals surface area (Å²) in [6.07, 6.45) is -0.741. The molecule has 1 rings (SSSR count). The lowest BCUT2D eigenvalue weighted by Gasteiger charge is -2.11. The molecule has 0 saturated carbocycles. The van der Waals surface area contributed by atoms with Crippen molar-refractivity contribution < 1.29 is 14.6 Å². The molecule has 0 saturated heterocycles. The van der Waals surface area contributed by atoms with E-state index in [0.29, 0.717) is 16.7 Å². The van der Waals surface area contributed by atoms with E-state index in [9.17, 15) is 9.90 Å². The van der Waals surface area contributed by atoms with Crippen LogP contribution in [0, 0.1) is 0 Å². The summed E-state index contributed by atoms with van der Waals surface area (Å²) in [7, 11) is 1.32. The Labute approximate surface area is 89.0 Å².